The van der Waals surface area contributed by atoms with Crippen molar-refractivity contribution in [1.82, 2.24) is 10.2 Å². The van der Waals surface area contributed by atoms with Gasteiger partial charge in [0.05, 0.1) is 19.3 Å². The Morgan fingerprint density at radius 3 is 2.32 bits per heavy atom. The second-order valence-corrected chi connectivity index (χ2v) is 4.56. The minimum atomic E-state index is -1.06. The number of carboxylic acids is 1. The fourth-order valence-corrected chi connectivity index (χ4v) is 1.45. The van der Waals surface area contributed by atoms with Gasteiger partial charge in [0, 0.05) is 20.8 Å². The summed E-state index contributed by atoms with van der Waals surface area (Å²) in [7, 11) is 3.06. The van der Waals surface area contributed by atoms with Gasteiger partial charge in [-0.3, -0.25) is 4.79 Å². The van der Waals surface area contributed by atoms with Gasteiger partial charge >= 0.3 is 12.0 Å². The summed E-state index contributed by atoms with van der Waals surface area (Å²) < 4.78 is 9.90. The fourth-order valence-electron chi connectivity index (χ4n) is 1.45. The third kappa shape index (κ3) is 7.63. The summed E-state index contributed by atoms with van der Waals surface area (Å²) >= 11 is 0. The summed E-state index contributed by atoms with van der Waals surface area (Å²) in [6, 6.07) is -0.577. The molecule has 0 radical (unpaired) electrons. The first-order valence-corrected chi connectivity index (χ1v) is 6.17. The highest BCUT2D eigenvalue weighted by Crippen LogP contribution is 2.03. The Balaban J connectivity index is 4.54. The Morgan fingerprint density at radius 1 is 1.26 bits per heavy atom. The highest BCUT2D eigenvalue weighted by atomic mass is 16.5. The van der Waals surface area contributed by atoms with E-state index < -0.39 is 12.0 Å². The number of nitrogens with one attached hydrogen (secondary N) is 1. The van der Waals surface area contributed by atoms with Crippen LogP contribution in [0.15, 0.2) is 0 Å². The lowest BCUT2D eigenvalue weighted by Crippen LogP contribution is -2.50. The molecular formula is C12H24N2O5. The molecule has 0 saturated carbocycles. The summed E-state index contributed by atoms with van der Waals surface area (Å²) in [6.45, 7) is 4.46. The van der Waals surface area contributed by atoms with Gasteiger partial charge in [-0.25, -0.2) is 4.79 Å². The van der Waals surface area contributed by atoms with Crippen molar-refractivity contribution in [3.63, 3.8) is 0 Å². The van der Waals surface area contributed by atoms with E-state index >= 15 is 0 Å². The molecule has 0 saturated heterocycles. The number of urea groups is 1. The molecule has 0 spiro atoms. The molecule has 0 aromatic carbocycles. The summed E-state index contributed by atoms with van der Waals surface area (Å²) in [6.07, 6.45) is 0. The molecule has 0 aliphatic carbocycles. The van der Waals surface area contributed by atoms with Crippen molar-refractivity contribution in [2.24, 2.45) is 5.92 Å². The van der Waals surface area contributed by atoms with Crippen LogP contribution in [0.2, 0.25) is 0 Å². The van der Waals surface area contributed by atoms with Crippen LogP contribution in [-0.2, 0) is 14.3 Å². The zero-order chi connectivity index (χ0) is 14.8. The first-order chi connectivity index (χ1) is 8.92. The van der Waals surface area contributed by atoms with Crippen molar-refractivity contribution < 1.29 is 24.2 Å². The van der Waals surface area contributed by atoms with Crippen molar-refractivity contribution in [2.75, 3.05) is 40.5 Å². The number of methoxy groups -OCH3 is 2. The second-order valence-electron chi connectivity index (χ2n) is 4.56. The van der Waals surface area contributed by atoms with E-state index in [2.05, 4.69) is 5.32 Å². The molecule has 1 unspecified atom stereocenters. The van der Waals surface area contributed by atoms with Gasteiger partial charge in [-0.1, -0.05) is 13.8 Å². The lowest BCUT2D eigenvalue weighted by molar-refractivity contribution is -0.137. The Labute approximate surface area is 113 Å². The van der Waals surface area contributed by atoms with E-state index in [0.717, 1.165) is 0 Å². The standard InChI is InChI=1S/C12H24N2O5/c1-9(2)10(8-19-4)13-12(17)14(5-6-18-3)7-11(15)16/h9-10H,5-8H2,1-4H3,(H,13,17)(H,15,16). The molecule has 2 amide bonds. The molecule has 0 fully saturated rings. The highest BCUT2D eigenvalue weighted by molar-refractivity contribution is 5.80. The van der Waals surface area contributed by atoms with Gasteiger partial charge in [-0.15, -0.1) is 0 Å². The quantitative estimate of drug-likeness (QED) is 0.636. The maximum Gasteiger partial charge on any atom is 0.323 e. The minimum Gasteiger partial charge on any atom is -0.480 e. The van der Waals surface area contributed by atoms with E-state index in [1.165, 1.54) is 12.0 Å². The van der Waals surface area contributed by atoms with Gasteiger partial charge in [0.25, 0.3) is 0 Å². The third-order valence-corrected chi connectivity index (χ3v) is 2.64. The van der Waals surface area contributed by atoms with Gasteiger partial charge < -0.3 is 24.8 Å². The molecule has 7 nitrogen and oxygen atoms in total. The molecule has 0 aromatic rings. The zero-order valence-electron chi connectivity index (χ0n) is 12.0. The number of ether oxygens (including phenoxy) is 2. The highest BCUT2D eigenvalue weighted by Gasteiger charge is 2.21. The predicted octanol–water partition coefficient (Wildman–Crippen LogP) is 0.400. The van der Waals surface area contributed by atoms with Crippen LogP contribution in [0.5, 0.6) is 0 Å². The predicted molar refractivity (Wildman–Crippen MR) is 70.1 cm³/mol. The van der Waals surface area contributed by atoms with Crippen molar-refractivity contribution in [3.8, 4) is 0 Å². The third-order valence-electron chi connectivity index (χ3n) is 2.64. The molecular weight excluding hydrogens is 252 g/mol. The van der Waals surface area contributed by atoms with Crippen LogP contribution in [0.3, 0.4) is 0 Å². The molecule has 2 N–H and O–H groups in total. The molecule has 19 heavy (non-hydrogen) atoms. The minimum absolute atomic E-state index is 0.156. The van der Waals surface area contributed by atoms with Crippen LogP contribution in [-0.4, -0.2) is 68.6 Å². The van der Waals surface area contributed by atoms with E-state index in [0.29, 0.717) is 6.61 Å². The molecule has 112 valence electrons. The lowest BCUT2D eigenvalue weighted by atomic mass is 10.1. The summed E-state index contributed by atoms with van der Waals surface area (Å²) in [5.74, 6) is -0.864. The normalized spacial score (nSPS) is 12.3. The number of aliphatic carboxylic acids is 1. The maximum absolute atomic E-state index is 12.0. The molecule has 0 heterocycles. The summed E-state index contributed by atoms with van der Waals surface area (Å²) in [4.78, 5) is 24.0. The molecule has 0 rings (SSSR count). The topological polar surface area (TPSA) is 88.1 Å². The van der Waals surface area contributed by atoms with Crippen LogP contribution >= 0.6 is 0 Å². The first-order valence-electron chi connectivity index (χ1n) is 6.17. The van der Waals surface area contributed by atoms with Crippen molar-refractivity contribution in [1.29, 1.82) is 0 Å². The number of carbonyl (C=O) groups excluding carboxylic acids is 1. The van der Waals surface area contributed by atoms with Crippen molar-refractivity contribution in [3.05, 3.63) is 0 Å². The van der Waals surface area contributed by atoms with Crippen molar-refractivity contribution >= 4 is 12.0 Å². The van der Waals surface area contributed by atoms with Gasteiger partial charge in [-0.2, -0.15) is 0 Å². The number of hydrogen-bond acceptors (Lipinski definition) is 4. The van der Waals surface area contributed by atoms with E-state index in [-0.39, 0.29) is 31.7 Å². The van der Waals surface area contributed by atoms with Gasteiger partial charge in [0.1, 0.15) is 6.54 Å². The molecule has 7 heteroatoms. The summed E-state index contributed by atoms with van der Waals surface area (Å²) in [5.41, 5.74) is 0. The average Bonchev–Trinajstić information content (AvgIpc) is 2.33. The smallest absolute Gasteiger partial charge is 0.323 e. The molecule has 0 aromatic heterocycles. The van der Waals surface area contributed by atoms with Crippen LogP contribution in [0, 0.1) is 5.92 Å². The van der Waals surface area contributed by atoms with Gasteiger partial charge in [0.2, 0.25) is 0 Å². The first kappa shape index (κ1) is 17.7. The number of carboxylic acid groups (broad SMARTS) is 1. The molecule has 0 aliphatic heterocycles. The Kier molecular flexibility index (Phi) is 8.90. The molecule has 0 bridgehead atoms. The van der Waals surface area contributed by atoms with Crippen LogP contribution in [0.1, 0.15) is 13.8 Å². The van der Waals surface area contributed by atoms with Crippen molar-refractivity contribution in [2.45, 2.75) is 19.9 Å². The van der Waals surface area contributed by atoms with Crippen LogP contribution in [0.25, 0.3) is 0 Å². The number of carbonyl (C=O) groups is 2. The Hall–Kier alpha value is -1.34. The van der Waals surface area contributed by atoms with Gasteiger partial charge in [0.15, 0.2) is 0 Å². The zero-order valence-corrected chi connectivity index (χ0v) is 12.0. The summed E-state index contributed by atoms with van der Waals surface area (Å²) in [5, 5.41) is 11.6. The Bertz CT molecular complexity index is 283. The molecule has 0 aliphatic rings. The lowest BCUT2D eigenvalue weighted by Gasteiger charge is -2.26. The number of amides is 2. The average molecular weight is 276 g/mol. The largest absolute Gasteiger partial charge is 0.480 e. The number of hydrogen-bond donors (Lipinski definition) is 2. The second kappa shape index (κ2) is 9.57. The molecule has 1 atom stereocenters. The monoisotopic (exact) mass is 276 g/mol. The van der Waals surface area contributed by atoms with E-state index in [1.54, 1.807) is 7.11 Å². The SMILES string of the molecule is COCCN(CC(=O)O)C(=O)NC(COC)C(C)C. The van der Waals surface area contributed by atoms with E-state index in [9.17, 15) is 9.59 Å². The van der Waals surface area contributed by atoms with Gasteiger partial charge in [-0.05, 0) is 5.92 Å². The maximum atomic E-state index is 12.0. The van der Waals surface area contributed by atoms with E-state index in [1.807, 2.05) is 13.8 Å². The number of nitrogens with zero attached hydrogens (tertiary/aromatic N) is 1. The van der Waals surface area contributed by atoms with Crippen LogP contribution < -0.4 is 5.32 Å². The fraction of sp³-hybridized carbons (Fsp3) is 0.833. The van der Waals surface area contributed by atoms with E-state index in [4.69, 9.17) is 14.6 Å². The Morgan fingerprint density at radius 2 is 1.89 bits per heavy atom. The van der Waals surface area contributed by atoms with Crippen LogP contribution in [0.4, 0.5) is 4.79 Å². The number of rotatable bonds is 9.